The first kappa shape index (κ1) is 36.9. The van der Waals surface area contributed by atoms with E-state index in [9.17, 15) is 33.1 Å². The van der Waals surface area contributed by atoms with E-state index in [1.807, 2.05) is 0 Å². The van der Waals surface area contributed by atoms with Crippen LogP contribution in [0.3, 0.4) is 0 Å². The first-order valence-electron chi connectivity index (χ1n) is 15.7. The van der Waals surface area contributed by atoms with Gasteiger partial charge in [-0.3, -0.25) is 4.90 Å². The van der Waals surface area contributed by atoms with Crippen molar-refractivity contribution in [2.45, 2.75) is 69.8 Å². The average molecular weight is 685 g/mol. The third kappa shape index (κ3) is 7.87. The summed E-state index contributed by atoms with van der Waals surface area (Å²) >= 11 is 0. The maximum absolute atomic E-state index is 13.7. The number of rotatable bonds is 8. The molecular weight excluding hydrogens is 645 g/mol. The monoisotopic (exact) mass is 684 g/mol. The fourth-order valence-corrected chi connectivity index (χ4v) is 6.85. The van der Waals surface area contributed by atoms with E-state index < -0.39 is 35.9 Å². The number of hydrogen-bond donors (Lipinski definition) is 2. The summed E-state index contributed by atoms with van der Waals surface area (Å²) in [4.78, 5) is 36.4. The Hall–Kier alpha value is -4.94. The quantitative estimate of drug-likeness (QED) is 0.206. The number of fused-ring (bicyclic) bond motifs is 1. The lowest BCUT2D eigenvalue weighted by Gasteiger charge is -2.41. The number of anilines is 2. The van der Waals surface area contributed by atoms with Gasteiger partial charge in [-0.15, -0.1) is 5.10 Å². The summed E-state index contributed by atoms with van der Waals surface area (Å²) in [6.45, 7) is 1.90. The van der Waals surface area contributed by atoms with Gasteiger partial charge in [-0.1, -0.05) is 12.1 Å². The van der Waals surface area contributed by atoms with Gasteiger partial charge in [0.2, 0.25) is 5.95 Å². The lowest BCUT2D eigenvalue weighted by molar-refractivity contribution is -0.916. The van der Waals surface area contributed by atoms with Gasteiger partial charge in [0.05, 0.1) is 62.7 Å². The number of benzene rings is 2. The molecule has 15 heteroatoms. The summed E-state index contributed by atoms with van der Waals surface area (Å²) < 4.78 is 48.2. The minimum Gasteiger partial charge on any atom is -0.554 e. The molecule has 3 aromatic rings. The highest BCUT2D eigenvalue weighted by atomic mass is 19.4. The van der Waals surface area contributed by atoms with Crippen molar-refractivity contribution in [1.29, 1.82) is 5.26 Å². The van der Waals surface area contributed by atoms with Crippen LogP contribution in [0.5, 0.6) is 0 Å². The number of carbonyl (C=O) groups excluding carboxylic acids is 2. The van der Waals surface area contributed by atoms with Crippen molar-refractivity contribution in [2.75, 3.05) is 32.6 Å². The van der Waals surface area contributed by atoms with Crippen LogP contribution in [0.1, 0.15) is 67.3 Å². The lowest BCUT2D eigenvalue weighted by atomic mass is 9.88. The van der Waals surface area contributed by atoms with Gasteiger partial charge >= 0.3 is 17.8 Å². The summed E-state index contributed by atoms with van der Waals surface area (Å²) in [6, 6.07) is 11.2. The third-order valence-electron chi connectivity index (χ3n) is 9.38. The minimum absolute atomic E-state index is 0.00655. The first-order chi connectivity index (χ1) is 23.2. The zero-order valence-corrected chi connectivity index (χ0v) is 27.7. The van der Waals surface area contributed by atoms with Gasteiger partial charge in [-0.25, -0.2) is 19.3 Å². The number of allylic oxidation sites excluding steroid dienone is 1. The highest BCUT2D eigenvalue weighted by molar-refractivity contribution is 5.93. The molecule has 0 saturated heterocycles. The van der Waals surface area contributed by atoms with Gasteiger partial charge in [0, 0.05) is 37.1 Å². The molecule has 0 spiro atoms. The van der Waals surface area contributed by atoms with E-state index in [0.29, 0.717) is 23.6 Å². The van der Waals surface area contributed by atoms with Crippen molar-refractivity contribution >= 4 is 24.1 Å². The highest BCUT2D eigenvalue weighted by Gasteiger charge is 2.41. The normalized spacial score (nSPS) is 19.3. The van der Waals surface area contributed by atoms with Gasteiger partial charge < -0.3 is 24.2 Å². The molecule has 0 amide bonds. The first-order valence-corrected chi connectivity index (χ1v) is 15.7. The molecule has 5 rings (SSSR count). The van der Waals surface area contributed by atoms with E-state index in [1.54, 1.807) is 25.1 Å². The highest BCUT2D eigenvalue weighted by Crippen LogP contribution is 2.44. The molecule has 262 valence electrons. The molecule has 0 radical (unpaired) electrons. The second-order valence-corrected chi connectivity index (χ2v) is 12.7. The number of aliphatic hydroxyl groups is 1. The van der Waals surface area contributed by atoms with Crippen molar-refractivity contribution < 1.29 is 42.2 Å². The fourth-order valence-electron chi connectivity index (χ4n) is 6.85. The number of nitriles is 1. The van der Waals surface area contributed by atoms with Crippen LogP contribution < -0.4 is 15.7 Å². The lowest BCUT2D eigenvalue weighted by Crippen LogP contribution is -2.51. The Morgan fingerprint density at radius 3 is 2.49 bits per heavy atom. The summed E-state index contributed by atoms with van der Waals surface area (Å²) in [5.74, 6) is -0.752. The number of esters is 1. The third-order valence-corrected chi connectivity index (χ3v) is 9.38. The van der Waals surface area contributed by atoms with Crippen LogP contribution in [-0.2, 0) is 26.9 Å². The molecular formula is C34H39F3N6O6. The Bertz CT molecular complexity index is 1800. The fraction of sp³-hybridized carbons (Fsp3) is 0.441. The molecule has 2 N–H and O–H groups in total. The topological polar surface area (TPSA) is 164 Å². The molecule has 0 bridgehead atoms. The molecule has 1 aromatic heterocycles. The molecule has 2 heterocycles. The van der Waals surface area contributed by atoms with Gasteiger partial charge in [0.25, 0.3) is 0 Å². The molecule has 12 nitrogen and oxygen atoms in total. The number of halogens is 3. The minimum atomic E-state index is -4.62. The maximum atomic E-state index is 13.7. The van der Waals surface area contributed by atoms with Crippen molar-refractivity contribution in [3.63, 3.8) is 0 Å². The van der Waals surface area contributed by atoms with Crippen LogP contribution in [0.2, 0.25) is 0 Å². The number of nitrogens with one attached hydrogen (secondary N) is 1. The summed E-state index contributed by atoms with van der Waals surface area (Å²) in [5.41, 5.74) is 0.539. The zero-order valence-electron chi connectivity index (χ0n) is 27.7. The number of alkyl halides is 3. The van der Waals surface area contributed by atoms with E-state index in [2.05, 4.69) is 30.4 Å². The Kier molecular flexibility index (Phi) is 11.4. The zero-order chi connectivity index (χ0) is 36.1. The Morgan fingerprint density at radius 2 is 1.88 bits per heavy atom. The Balaban J connectivity index is 0.00000174. The van der Waals surface area contributed by atoms with E-state index >= 15 is 0 Å². The SMILES string of the molecule is COC(=O)C1=C(C)N(c2cccc(C(F)(F)F)c2)c2n[nH]c(=O)n2[C@@H]1c1ccc(C#N)cc1CCC[N+](C)(C)C1CCC(O)CC1.O=C[O-]. The predicted octanol–water partition coefficient (Wildman–Crippen LogP) is 3.33. The second kappa shape index (κ2) is 15.1. The van der Waals surface area contributed by atoms with Crippen LogP contribution in [0.15, 0.2) is 58.5 Å². The Morgan fingerprint density at radius 1 is 1.20 bits per heavy atom. The van der Waals surface area contributed by atoms with Crippen molar-refractivity contribution in [1.82, 2.24) is 14.8 Å². The number of carboxylic acid groups (broad SMARTS) is 1. The van der Waals surface area contributed by atoms with Gasteiger partial charge in [0.1, 0.15) is 6.04 Å². The molecule has 1 aliphatic heterocycles. The van der Waals surface area contributed by atoms with Crippen LogP contribution in [-0.4, -0.2) is 76.7 Å². The summed E-state index contributed by atoms with van der Waals surface area (Å²) in [6.07, 6.45) is -0.159. The number of nitrogens with zero attached hydrogens (tertiary/aromatic N) is 5. The molecule has 1 saturated carbocycles. The van der Waals surface area contributed by atoms with E-state index in [-0.39, 0.29) is 29.0 Å². The predicted molar refractivity (Wildman–Crippen MR) is 170 cm³/mol. The summed E-state index contributed by atoms with van der Waals surface area (Å²) in [5, 5.41) is 34.5. The van der Waals surface area contributed by atoms with Crippen LogP contribution in [0.25, 0.3) is 0 Å². The smallest absolute Gasteiger partial charge is 0.416 e. The van der Waals surface area contributed by atoms with E-state index in [1.165, 1.54) is 28.7 Å². The molecule has 49 heavy (non-hydrogen) atoms. The summed E-state index contributed by atoms with van der Waals surface area (Å²) in [7, 11) is 5.56. The van der Waals surface area contributed by atoms with Gasteiger partial charge in [0.15, 0.2) is 0 Å². The molecule has 1 fully saturated rings. The number of H-pyrrole nitrogens is 1. The molecule has 2 aliphatic rings. The number of methoxy groups -OCH3 is 1. The number of hydrogen-bond acceptors (Lipinski definition) is 9. The molecule has 0 unspecified atom stereocenters. The molecule has 2 aromatic carbocycles. The molecule has 1 aliphatic carbocycles. The van der Waals surface area contributed by atoms with Crippen molar-refractivity contribution in [2.24, 2.45) is 0 Å². The molecule has 1 atom stereocenters. The van der Waals surface area contributed by atoms with Gasteiger partial charge in [-0.2, -0.15) is 18.4 Å². The second-order valence-electron chi connectivity index (χ2n) is 12.7. The number of ether oxygens (including phenoxy) is 1. The van der Waals surface area contributed by atoms with Crippen LogP contribution in [0, 0.1) is 11.3 Å². The number of aliphatic hydroxyl groups excluding tert-OH is 1. The Labute approximate surface area is 281 Å². The van der Waals surface area contributed by atoms with Crippen molar-refractivity contribution in [3.8, 4) is 6.07 Å². The van der Waals surface area contributed by atoms with E-state index in [4.69, 9.17) is 14.6 Å². The standard InChI is InChI=1S/C33H37F3N6O4.CH2O2/c1-20-28(30(44)46-4)29(41-31(38-39-32(41)45)40(20)24-9-5-8-23(18-24)33(34,35)36)27-15-10-21(19-37)17-22(27)7-6-16-42(2,3)25-11-13-26(43)14-12-25;2-1-3/h5,8-10,15,17-18,25-26,29,43H,6-7,11-14,16H2,1-4H3;1H,(H,2,3)/t25?,26?,29-;/m1./s1. The number of quaternary nitrogens is 1. The number of aryl methyl sites for hydroxylation is 1. The van der Waals surface area contributed by atoms with E-state index in [0.717, 1.165) is 60.8 Å². The van der Waals surface area contributed by atoms with Crippen LogP contribution >= 0.6 is 0 Å². The van der Waals surface area contributed by atoms with Gasteiger partial charge in [-0.05, 0) is 67.6 Å². The average Bonchev–Trinajstić information content (AvgIpc) is 3.44. The number of aromatic amines is 1. The number of aromatic nitrogens is 3. The number of carbonyl (C=O) groups is 2. The van der Waals surface area contributed by atoms with Crippen molar-refractivity contribution in [3.05, 3.63) is 86.5 Å². The largest absolute Gasteiger partial charge is 0.554 e. The maximum Gasteiger partial charge on any atom is 0.416 e. The van der Waals surface area contributed by atoms with Crippen LogP contribution in [0.4, 0.5) is 24.8 Å².